The van der Waals surface area contributed by atoms with E-state index < -0.39 is 5.82 Å². The molecule has 0 aliphatic carbocycles. The molecule has 0 atom stereocenters. The van der Waals surface area contributed by atoms with E-state index in [0.29, 0.717) is 59.9 Å². The van der Waals surface area contributed by atoms with E-state index in [-0.39, 0.29) is 24.9 Å². The monoisotopic (exact) mass is 538 g/mol. The molecule has 0 bridgehead atoms. The number of piperazine rings is 1. The molecule has 2 aliphatic rings. The van der Waals surface area contributed by atoms with Crippen molar-refractivity contribution < 1.29 is 14.0 Å². The molecule has 1 N–H and O–H groups in total. The zero-order valence-electron chi connectivity index (χ0n) is 21.0. The van der Waals surface area contributed by atoms with Gasteiger partial charge in [0.05, 0.1) is 12.7 Å². The number of halogens is 2. The molecule has 10 nitrogen and oxygen atoms in total. The van der Waals surface area contributed by atoms with E-state index in [1.54, 1.807) is 48.6 Å². The van der Waals surface area contributed by atoms with Gasteiger partial charge in [0.1, 0.15) is 17.3 Å². The van der Waals surface area contributed by atoms with E-state index in [9.17, 15) is 14.0 Å². The summed E-state index contributed by atoms with van der Waals surface area (Å²) in [5, 5.41) is 3.13. The second kappa shape index (κ2) is 11.3. The third kappa shape index (κ3) is 5.84. The summed E-state index contributed by atoms with van der Waals surface area (Å²) in [6.07, 6.45) is 3.67. The second-order valence-corrected chi connectivity index (χ2v) is 9.70. The summed E-state index contributed by atoms with van der Waals surface area (Å²) in [5.41, 5.74) is 1.01. The van der Waals surface area contributed by atoms with E-state index in [2.05, 4.69) is 25.1 Å². The lowest BCUT2D eigenvalue weighted by molar-refractivity contribution is -0.117. The highest BCUT2D eigenvalue weighted by molar-refractivity contribution is 6.30. The Morgan fingerprint density at radius 2 is 1.95 bits per heavy atom. The molecule has 0 spiro atoms. The number of carbonyl (C=O) groups excluding carboxylic acids is 2. The Hall–Kier alpha value is -3.83. The number of nitrogens with zero attached hydrogens (tertiary/aromatic N) is 7. The van der Waals surface area contributed by atoms with Crippen LogP contribution < -0.4 is 20.0 Å². The molecule has 0 saturated carbocycles. The number of rotatable bonds is 7. The van der Waals surface area contributed by atoms with Gasteiger partial charge in [-0.1, -0.05) is 23.7 Å². The standard InChI is InChI=1S/C26H28ClFN8O2/c1-33-21-15-30-26(32-25(21)36(17-24(33)38)16-18-5-6-19(27)14-20(18)28)35-12-10-34(11-13-35)9-7-23(37)31-22-4-2-3-8-29-22/h2-6,8,14-15H,7,9-13,16-17H2,1H3,(H,29,31,37). The van der Waals surface area contributed by atoms with Crippen LogP contribution in [-0.2, 0) is 16.1 Å². The predicted molar refractivity (Wildman–Crippen MR) is 144 cm³/mol. The van der Waals surface area contributed by atoms with Crippen molar-refractivity contribution in [1.29, 1.82) is 0 Å². The van der Waals surface area contributed by atoms with Gasteiger partial charge in [0.25, 0.3) is 0 Å². The Labute approximate surface area is 225 Å². The van der Waals surface area contributed by atoms with Crippen LogP contribution in [0.15, 0.2) is 48.8 Å². The predicted octanol–water partition coefficient (Wildman–Crippen LogP) is 2.80. The van der Waals surface area contributed by atoms with Crippen LogP contribution in [0.2, 0.25) is 5.02 Å². The van der Waals surface area contributed by atoms with E-state index in [1.807, 2.05) is 6.07 Å². The number of hydrogen-bond acceptors (Lipinski definition) is 8. The second-order valence-electron chi connectivity index (χ2n) is 9.27. The number of likely N-dealkylation sites (N-methyl/N-ethyl adjacent to an activating group) is 1. The van der Waals surface area contributed by atoms with E-state index in [4.69, 9.17) is 16.6 Å². The number of pyridine rings is 1. The molecule has 1 aromatic carbocycles. The average molecular weight is 539 g/mol. The molecule has 0 radical (unpaired) electrons. The van der Waals surface area contributed by atoms with E-state index in [0.717, 1.165) is 13.1 Å². The Bertz CT molecular complexity index is 1320. The summed E-state index contributed by atoms with van der Waals surface area (Å²) in [5.74, 6) is 1.07. The maximum Gasteiger partial charge on any atom is 0.246 e. The van der Waals surface area contributed by atoms with Gasteiger partial charge >= 0.3 is 0 Å². The van der Waals surface area contributed by atoms with Gasteiger partial charge in [0, 0.05) is 69.5 Å². The first-order chi connectivity index (χ1) is 18.4. The van der Waals surface area contributed by atoms with Crippen molar-refractivity contribution in [3.8, 4) is 0 Å². The molecule has 12 heteroatoms. The normalized spacial score (nSPS) is 16.0. The number of aromatic nitrogens is 3. The maximum absolute atomic E-state index is 14.5. The molecule has 198 valence electrons. The first kappa shape index (κ1) is 25.8. The van der Waals surface area contributed by atoms with Crippen molar-refractivity contribution in [3.05, 3.63) is 65.2 Å². The summed E-state index contributed by atoms with van der Waals surface area (Å²) in [6.45, 7) is 3.81. The van der Waals surface area contributed by atoms with Crippen molar-refractivity contribution in [2.75, 3.05) is 66.3 Å². The van der Waals surface area contributed by atoms with E-state index in [1.165, 1.54) is 11.0 Å². The van der Waals surface area contributed by atoms with Crippen LogP contribution >= 0.6 is 11.6 Å². The SMILES string of the molecule is CN1C(=O)CN(Cc2ccc(Cl)cc2F)c2nc(N3CCN(CCC(=O)Nc4ccccn4)CC3)ncc21. The molecular formula is C26H28ClFN8O2. The summed E-state index contributed by atoms with van der Waals surface area (Å²) in [7, 11) is 1.69. The number of nitrogens with one attached hydrogen (secondary N) is 1. The van der Waals surface area contributed by atoms with Crippen LogP contribution in [0, 0.1) is 5.82 Å². The molecule has 38 heavy (non-hydrogen) atoms. The Balaban J connectivity index is 1.22. The molecule has 0 unspecified atom stereocenters. The minimum atomic E-state index is -0.426. The molecule has 1 fully saturated rings. The number of benzene rings is 1. The number of fused-ring (bicyclic) bond motifs is 1. The first-order valence-corrected chi connectivity index (χ1v) is 12.8. The summed E-state index contributed by atoms with van der Waals surface area (Å²) in [6, 6.07) is 9.91. The van der Waals surface area contributed by atoms with Crippen molar-refractivity contribution in [2.45, 2.75) is 13.0 Å². The van der Waals surface area contributed by atoms with Crippen LogP contribution in [0.25, 0.3) is 0 Å². The third-order valence-corrected chi connectivity index (χ3v) is 6.95. The largest absolute Gasteiger partial charge is 0.341 e. The summed E-state index contributed by atoms with van der Waals surface area (Å²) in [4.78, 5) is 45.9. The number of hydrogen-bond donors (Lipinski definition) is 1. The van der Waals surface area contributed by atoms with Gasteiger partial charge in [-0.2, -0.15) is 4.98 Å². The van der Waals surface area contributed by atoms with Gasteiger partial charge < -0.3 is 20.0 Å². The number of anilines is 4. The van der Waals surface area contributed by atoms with Crippen molar-refractivity contribution in [2.24, 2.45) is 0 Å². The zero-order chi connectivity index (χ0) is 26.6. The third-order valence-electron chi connectivity index (χ3n) is 6.72. The van der Waals surface area contributed by atoms with Crippen LogP contribution in [0.5, 0.6) is 0 Å². The van der Waals surface area contributed by atoms with Gasteiger partial charge in [-0.3, -0.25) is 14.5 Å². The number of carbonyl (C=O) groups is 2. The van der Waals surface area contributed by atoms with Crippen LogP contribution in [0.4, 0.5) is 27.7 Å². The van der Waals surface area contributed by atoms with Crippen LogP contribution in [0.1, 0.15) is 12.0 Å². The molecule has 3 aromatic rings. The number of amides is 2. The lowest BCUT2D eigenvalue weighted by Gasteiger charge is -2.37. The molecule has 2 aliphatic heterocycles. The molecular weight excluding hydrogens is 511 g/mol. The molecule has 5 rings (SSSR count). The fourth-order valence-corrected chi connectivity index (χ4v) is 4.68. The Kier molecular flexibility index (Phi) is 7.66. The average Bonchev–Trinajstić information content (AvgIpc) is 2.92. The van der Waals surface area contributed by atoms with Crippen molar-refractivity contribution >= 4 is 46.7 Å². The highest BCUT2D eigenvalue weighted by Gasteiger charge is 2.30. The smallest absolute Gasteiger partial charge is 0.246 e. The lowest BCUT2D eigenvalue weighted by Crippen LogP contribution is -2.48. The van der Waals surface area contributed by atoms with Crippen molar-refractivity contribution in [3.63, 3.8) is 0 Å². The van der Waals surface area contributed by atoms with Crippen LogP contribution in [0.3, 0.4) is 0 Å². The quantitative estimate of drug-likeness (QED) is 0.490. The van der Waals surface area contributed by atoms with Gasteiger partial charge in [-0.15, -0.1) is 0 Å². The zero-order valence-corrected chi connectivity index (χ0v) is 21.7. The topological polar surface area (TPSA) is 97.8 Å². The molecule has 1 saturated heterocycles. The Morgan fingerprint density at radius 3 is 2.68 bits per heavy atom. The first-order valence-electron chi connectivity index (χ1n) is 12.4. The fraction of sp³-hybridized carbons (Fsp3) is 0.346. The van der Waals surface area contributed by atoms with Crippen LogP contribution in [-0.4, -0.2) is 78.0 Å². The minimum Gasteiger partial charge on any atom is -0.341 e. The van der Waals surface area contributed by atoms with Crippen molar-refractivity contribution in [1.82, 2.24) is 19.9 Å². The Morgan fingerprint density at radius 1 is 1.13 bits per heavy atom. The summed E-state index contributed by atoms with van der Waals surface area (Å²) >= 11 is 5.90. The highest BCUT2D eigenvalue weighted by atomic mass is 35.5. The van der Waals surface area contributed by atoms with Gasteiger partial charge in [-0.25, -0.2) is 14.4 Å². The van der Waals surface area contributed by atoms with Gasteiger partial charge in [0.15, 0.2) is 5.82 Å². The summed E-state index contributed by atoms with van der Waals surface area (Å²) < 4.78 is 14.5. The van der Waals surface area contributed by atoms with E-state index >= 15 is 0 Å². The molecule has 2 amide bonds. The molecule has 4 heterocycles. The molecule has 2 aromatic heterocycles. The minimum absolute atomic E-state index is 0.0694. The van der Waals surface area contributed by atoms with Gasteiger partial charge in [0.2, 0.25) is 17.8 Å². The highest BCUT2D eigenvalue weighted by Crippen LogP contribution is 2.33. The fourth-order valence-electron chi connectivity index (χ4n) is 4.52. The van der Waals surface area contributed by atoms with Gasteiger partial charge in [-0.05, 0) is 24.3 Å². The lowest BCUT2D eigenvalue weighted by atomic mass is 10.1. The maximum atomic E-state index is 14.5.